The van der Waals surface area contributed by atoms with Crippen molar-refractivity contribution in [3.8, 4) is 0 Å². The van der Waals surface area contributed by atoms with Crippen molar-refractivity contribution in [3.05, 3.63) is 46.2 Å². The van der Waals surface area contributed by atoms with Crippen molar-refractivity contribution in [2.45, 2.75) is 19.4 Å². The number of hydrogen-bond donors (Lipinski definition) is 2. The first-order valence-corrected chi connectivity index (χ1v) is 5.95. The van der Waals surface area contributed by atoms with Crippen LogP contribution in [-0.2, 0) is 6.42 Å². The van der Waals surface area contributed by atoms with Gasteiger partial charge in [-0.2, -0.15) is 0 Å². The summed E-state index contributed by atoms with van der Waals surface area (Å²) in [5.74, 6) is 5.56. The zero-order valence-corrected chi connectivity index (χ0v) is 9.87. The first-order chi connectivity index (χ1) is 7.79. The van der Waals surface area contributed by atoms with Gasteiger partial charge in [0.1, 0.15) is 0 Å². The molecule has 0 aliphatic rings. The minimum absolute atomic E-state index is 0.0195. The number of pyridine rings is 1. The molecule has 2 aromatic rings. The molecule has 2 heterocycles. The second kappa shape index (κ2) is 5.16. The Hall–Kier alpha value is -1.30. The summed E-state index contributed by atoms with van der Waals surface area (Å²) in [6.07, 6.45) is 2.57. The Kier molecular flexibility index (Phi) is 3.61. The van der Waals surface area contributed by atoms with E-state index >= 15 is 0 Å². The van der Waals surface area contributed by atoms with Gasteiger partial charge in [0.05, 0.1) is 16.7 Å². The largest absolute Gasteiger partial charge is 0.271 e. The van der Waals surface area contributed by atoms with Crippen LogP contribution in [0.4, 0.5) is 0 Å². The van der Waals surface area contributed by atoms with Crippen molar-refractivity contribution in [1.29, 1.82) is 0 Å². The molecule has 0 spiro atoms. The smallest absolute Gasteiger partial charge is 0.0944 e. The van der Waals surface area contributed by atoms with Crippen molar-refractivity contribution in [2.24, 2.45) is 5.84 Å². The first-order valence-electron chi connectivity index (χ1n) is 5.07. The lowest BCUT2D eigenvalue weighted by molar-refractivity contribution is 0.536. The third-order valence-corrected chi connectivity index (χ3v) is 3.13. The van der Waals surface area contributed by atoms with Crippen molar-refractivity contribution in [1.82, 2.24) is 15.4 Å². The van der Waals surface area contributed by atoms with E-state index in [9.17, 15) is 0 Å². The molecule has 2 rings (SSSR count). The summed E-state index contributed by atoms with van der Waals surface area (Å²) in [6.45, 7) is 1.97. The molecule has 4 nitrogen and oxygen atoms in total. The molecule has 0 bridgehead atoms. The van der Waals surface area contributed by atoms with Gasteiger partial charge in [-0.1, -0.05) is 6.07 Å². The average molecular weight is 234 g/mol. The summed E-state index contributed by atoms with van der Waals surface area (Å²) in [5, 5.41) is 3.03. The number of hydrogen-bond acceptors (Lipinski definition) is 5. The van der Waals surface area contributed by atoms with E-state index in [2.05, 4.69) is 15.4 Å². The van der Waals surface area contributed by atoms with Gasteiger partial charge in [0, 0.05) is 23.7 Å². The van der Waals surface area contributed by atoms with Gasteiger partial charge in [-0.05, 0) is 19.1 Å². The fourth-order valence-electron chi connectivity index (χ4n) is 1.54. The van der Waals surface area contributed by atoms with Crippen LogP contribution < -0.4 is 11.3 Å². The molecule has 0 aromatic carbocycles. The van der Waals surface area contributed by atoms with Crippen LogP contribution in [0.2, 0.25) is 0 Å². The number of rotatable bonds is 4. The number of nitrogens with zero attached hydrogens (tertiary/aromatic N) is 2. The van der Waals surface area contributed by atoms with Gasteiger partial charge in [0.25, 0.3) is 0 Å². The summed E-state index contributed by atoms with van der Waals surface area (Å²) < 4.78 is 0. The van der Waals surface area contributed by atoms with Crippen LogP contribution in [0.15, 0.2) is 29.8 Å². The Morgan fingerprint density at radius 1 is 1.50 bits per heavy atom. The summed E-state index contributed by atoms with van der Waals surface area (Å²) in [6, 6.07) is 5.96. The number of hydrazine groups is 1. The molecule has 5 heteroatoms. The third kappa shape index (κ3) is 2.63. The van der Waals surface area contributed by atoms with Crippen LogP contribution in [0.25, 0.3) is 0 Å². The van der Waals surface area contributed by atoms with E-state index in [0.717, 1.165) is 22.8 Å². The van der Waals surface area contributed by atoms with Crippen molar-refractivity contribution in [2.75, 3.05) is 0 Å². The standard InChI is InChI=1S/C11H14N4S/c1-8-3-2-4-9(14-8)10(15-12)7-11-13-5-6-16-11/h2-6,10,15H,7,12H2,1H3. The van der Waals surface area contributed by atoms with E-state index in [1.165, 1.54) is 0 Å². The molecule has 0 aliphatic carbocycles. The van der Waals surface area contributed by atoms with Gasteiger partial charge >= 0.3 is 0 Å². The molecule has 1 unspecified atom stereocenters. The van der Waals surface area contributed by atoms with Crippen LogP contribution in [0, 0.1) is 6.92 Å². The maximum Gasteiger partial charge on any atom is 0.0944 e. The van der Waals surface area contributed by atoms with Crippen molar-refractivity contribution >= 4 is 11.3 Å². The van der Waals surface area contributed by atoms with E-state index in [1.54, 1.807) is 17.5 Å². The van der Waals surface area contributed by atoms with E-state index in [1.807, 2.05) is 30.5 Å². The lowest BCUT2D eigenvalue weighted by Gasteiger charge is -2.14. The molecule has 0 fully saturated rings. The van der Waals surface area contributed by atoms with E-state index in [0.29, 0.717) is 0 Å². The zero-order valence-electron chi connectivity index (χ0n) is 9.05. The lowest BCUT2D eigenvalue weighted by atomic mass is 10.1. The Balaban J connectivity index is 2.16. The maximum absolute atomic E-state index is 5.56. The maximum atomic E-state index is 5.56. The van der Waals surface area contributed by atoms with E-state index in [-0.39, 0.29) is 6.04 Å². The monoisotopic (exact) mass is 234 g/mol. The highest BCUT2D eigenvalue weighted by Crippen LogP contribution is 2.17. The van der Waals surface area contributed by atoms with Crippen molar-refractivity contribution < 1.29 is 0 Å². The normalized spacial score (nSPS) is 12.6. The Morgan fingerprint density at radius 3 is 3.00 bits per heavy atom. The molecule has 84 valence electrons. The van der Waals surface area contributed by atoms with Gasteiger partial charge in [-0.15, -0.1) is 11.3 Å². The minimum Gasteiger partial charge on any atom is -0.271 e. The van der Waals surface area contributed by atoms with Crippen LogP contribution >= 0.6 is 11.3 Å². The van der Waals surface area contributed by atoms with Crippen LogP contribution in [0.3, 0.4) is 0 Å². The molecule has 1 atom stereocenters. The van der Waals surface area contributed by atoms with Crippen LogP contribution in [-0.4, -0.2) is 9.97 Å². The summed E-state index contributed by atoms with van der Waals surface area (Å²) in [5.41, 5.74) is 4.74. The number of nitrogens with two attached hydrogens (primary N) is 1. The van der Waals surface area contributed by atoms with Gasteiger partial charge < -0.3 is 0 Å². The number of thiazole rings is 1. The lowest BCUT2D eigenvalue weighted by Crippen LogP contribution is -2.30. The number of nitrogens with one attached hydrogen (secondary N) is 1. The Bertz CT molecular complexity index is 441. The molecule has 2 aromatic heterocycles. The molecule has 0 saturated carbocycles. The Labute approximate surface area is 98.5 Å². The SMILES string of the molecule is Cc1cccc(C(Cc2nccs2)NN)n1. The van der Waals surface area contributed by atoms with E-state index in [4.69, 9.17) is 5.84 Å². The minimum atomic E-state index is 0.0195. The first kappa shape index (κ1) is 11.2. The quantitative estimate of drug-likeness (QED) is 0.623. The summed E-state index contributed by atoms with van der Waals surface area (Å²) >= 11 is 1.63. The second-order valence-corrected chi connectivity index (χ2v) is 4.53. The fraction of sp³-hybridized carbons (Fsp3) is 0.273. The molecule has 16 heavy (non-hydrogen) atoms. The summed E-state index contributed by atoms with van der Waals surface area (Å²) in [7, 11) is 0. The highest BCUT2D eigenvalue weighted by atomic mass is 32.1. The van der Waals surface area contributed by atoms with Gasteiger partial charge in [-0.3, -0.25) is 16.3 Å². The molecule has 0 saturated heterocycles. The van der Waals surface area contributed by atoms with Crippen molar-refractivity contribution in [3.63, 3.8) is 0 Å². The molecular weight excluding hydrogens is 220 g/mol. The fourth-order valence-corrected chi connectivity index (χ4v) is 2.20. The molecule has 3 N–H and O–H groups in total. The molecule has 0 aliphatic heterocycles. The highest BCUT2D eigenvalue weighted by Gasteiger charge is 2.13. The number of aromatic nitrogens is 2. The molecule has 0 radical (unpaired) electrons. The van der Waals surface area contributed by atoms with Crippen LogP contribution in [0.5, 0.6) is 0 Å². The van der Waals surface area contributed by atoms with E-state index < -0.39 is 0 Å². The van der Waals surface area contributed by atoms with Gasteiger partial charge in [-0.25, -0.2) is 4.98 Å². The third-order valence-electron chi connectivity index (χ3n) is 2.33. The molecular formula is C11H14N4S. The topological polar surface area (TPSA) is 63.8 Å². The summed E-state index contributed by atoms with van der Waals surface area (Å²) in [4.78, 5) is 8.71. The number of aryl methyl sites for hydroxylation is 1. The van der Waals surface area contributed by atoms with Gasteiger partial charge in [0.15, 0.2) is 0 Å². The molecule has 0 amide bonds. The zero-order chi connectivity index (χ0) is 11.4. The second-order valence-electron chi connectivity index (χ2n) is 3.55. The predicted molar refractivity (Wildman–Crippen MR) is 64.9 cm³/mol. The van der Waals surface area contributed by atoms with Crippen LogP contribution in [0.1, 0.15) is 22.4 Å². The van der Waals surface area contributed by atoms with Gasteiger partial charge in [0.2, 0.25) is 0 Å². The average Bonchev–Trinajstić information content (AvgIpc) is 2.78. The highest BCUT2D eigenvalue weighted by molar-refractivity contribution is 7.09. The predicted octanol–water partition coefficient (Wildman–Crippen LogP) is 1.59. The Morgan fingerprint density at radius 2 is 2.38 bits per heavy atom.